The van der Waals surface area contributed by atoms with Crippen molar-refractivity contribution in [1.82, 2.24) is 0 Å². The van der Waals surface area contributed by atoms with Crippen LogP contribution in [0.15, 0.2) is 0 Å². The molecular weight excluding hydrogens is 118 g/mol. The van der Waals surface area contributed by atoms with Gasteiger partial charge < -0.3 is 10.5 Å². The van der Waals surface area contributed by atoms with Gasteiger partial charge in [0, 0.05) is 13.0 Å². The molecule has 0 aliphatic rings. The summed E-state index contributed by atoms with van der Waals surface area (Å²) >= 11 is 0. The number of nitrogens with two attached hydrogens (primary N) is 1. The lowest BCUT2D eigenvalue weighted by molar-refractivity contribution is -0.141. The lowest BCUT2D eigenvalue weighted by Crippen LogP contribution is -2.26. The molecule has 0 bridgehead atoms. The minimum atomic E-state index is -0.265. The SMILES string of the molecule is CC[C@H](N)COC(C)=O. The van der Waals surface area contributed by atoms with Crippen molar-refractivity contribution in [3.05, 3.63) is 0 Å². The summed E-state index contributed by atoms with van der Waals surface area (Å²) in [6.07, 6.45) is 0.841. The Hall–Kier alpha value is -0.570. The predicted octanol–water partition coefficient (Wildman–Crippen LogP) is 0.287. The Morgan fingerprint density at radius 3 is 2.67 bits per heavy atom. The van der Waals surface area contributed by atoms with Gasteiger partial charge in [-0.15, -0.1) is 0 Å². The van der Waals surface area contributed by atoms with Crippen LogP contribution >= 0.6 is 0 Å². The Labute approximate surface area is 55.2 Å². The summed E-state index contributed by atoms with van der Waals surface area (Å²) < 4.78 is 4.63. The molecule has 0 rings (SSSR count). The van der Waals surface area contributed by atoms with Gasteiger partial charge in [0.1, 0.15) is 6.61 Å². The third kappa shape index (κ3) is 5.30. The fourth-order valence-electron chi connectivity index (χ4n) is 0.342. The second-order valence-electron chi connectivity index (χ2n) is 1.97. The van der Waals surface area contributed by atoms with Crippen molar-refractivity contribution in [1.29, 1.82) is 0 Å². The van der Waals surface area contributed by atoms with Gasteiger partial charge in [0.15, 0.2) is 0 Å². The number of rotatable bonds is 3. The molecule has 0 amide bonds. The van der Waals surface area contributed by atoms with Crippen molar-refractivity contribution in [2.75, 3.05) is 6.61 Å². The first kappa shape index (κ1) is 8.43. The molecule has 0 saturated heterocycles. The van der Waals surface area contributed by atoms with Crippen LogP contribution in [0.1, 0.15) is 20.3 Å². The number of carbonyl (C=O) groups excluding carboxylic acids is 1. The van der Waals surface area contributed by atoms with Gasteiger partial charge in [-0.2, -0.15) is 0 Å². The van der Waals surface area contributed by atoms with Gasteiger partial charge >= 0.3 is 5.97 Å². The summed E-state index contributed by atoms with van der Waals surface area (Å²) in [6, 6.07) is -0.00565. The van der Waals surface area contributed by atoms with Gasteiger partial charge in [0.05, 0.1) is 0 Å². The molecule has 0 aliphatic carbocycles. The molecule has 9 heavy (non-hydrogen) atoms. The standard InChI is InChI=1S/C6H13NO2/c1-3-6(7)4-9-5(2)8/h6H,3-4,7H2,1-2H3/t6-/m0/s1. The Bertz CT molecular complexity index is 93.1. The van der Waals surface area contributed by atoms with Crippen LogP contribution in [-0.2, 0) is 9.53 Å². The molecule has 0 aromatic heterocycles. The molecular formula is C6H13NO2. The van der Waals surface area contributed by atoms with E-state index < -0.39 is 0 Å². The Morgan fingerprint density at radius 1 is 1.78 bits per heavy atom. The topological polar surface area (TPSA) is 52.3 Å². The van der Waals surface area contributed by atoms with E-state index in [0.29, 0.717) is 6.61 Å². The smallest absolute Gasteiger partial charge is 0.302 e. The van der Waals surface area contributed by atoms with Crippen LogP contribution in [0.3, 0.4) is 0 Å². The summed E-state index contributed by atoms with van der Waals surface area (Å²) in [6.45, 7) is 3.67. The molecule has 0 aromatic rings. The highest BCUT2D eigenvalue weighted by atomic mass is 16.5. The van der Waals surface area contributed by atoms with Crippen LogP contribution < -0.4 is 5.73 Å². The summed E-state index contributed by atoms with van der Waals surface area (Å²) in [5.74, 6) is -0.265. The molecule has 0 saturated carbocycles. The second kappa shape index (κ2) is 4.32. The fourth-order valence-corrected chi connectivity index (χ4v) is 0.342. The quantitative estimate of drug-likeness (QED) is 0.560. The number of carbonyl (C=O) groups is 1. The van der Waals surface area contributed by atoms with Gasteiger partial charge in [-0.05, 0) is 6.42 Å². The van der Waals surface area contributed by atoms with Crippen molar-refractivity contribution in [2.24, 2.45) is 5.73 Å². The summed E-state index contributed by atoms with van der Waals surface area (Å²) in [7, 11) is 0. The summed E-state index contributed by atoms with van der Waals surface area (Å²) in [5.41, 5.74) is 5.44. The van der Waals surface area contributed by atoms with Gasteiger partial charge in [-0.3, -0.25) is 4.79 Å². The first-order chi connectivity index (χ1) is 4.16. The Balaban J connectivity index is 3.16. The molecule has 54 valence electrons. The van der Waals surface area contributed by atoms with Crippen LogP contribution in [0.25, 0.3) is 0 Å². The molecule has 0 spiro atoms. The highest BCUT2D eigenvalue weighted by molar-refractivity contribution is 5.65. The molecule has 0 aromatic carbocycles. The van der Waals surface area contributed by atoms with E-state index in [1.165, 1.54) is 6.92 Å². The van der Waals surface area contributed by atoms with Gasteiger partial charge in [-0.1, -0.05) is 6.92 Å². The maximum atomic E-state index is 10.2. The lowest BCUT2D eigenvalue weighted by Gasteiger charge is -2.06. The van der Waals surface area contributed by atoms with E-state index in [4.69, 9.17) is 5.73 Å². The van der Waals surface area contributed by atoms with Crippen LogP contribution in [0.2, 0.25) is 0 Å². The largest absolute Gasteiger partial charge is 0.464 e. The average Bonchev–Trinajstić information content (AvgIpc) is 1.83. The number of hydrogen-bond acceptors (Lipinski definition) is 3. The zero-order valence-corrected chi connectivity index (χ0v) is 5.89. The molecule has 0 heterocycles. The molecule has 0 aliphatic heterocycles. The van der Waals surface area contributed by atoms with Crippen molar-refractivity contribution in [3.63, 3.8) is 0 Å². The monoisotopic (exact) mass is 131 g/mol. The Kier molecular flexibility index (Phi) is 4.05. The predicted molar refractivity (Wildman–Crippen MR) is 34.9 cm³/mol. The number of ether oxygens (including phenoxy) is 1. The van der Waals surface area contributed by atoms with E-state index in [-0.39, 0.29) is 12.0 Å². The van der Waals surface area contributed by atoms with E-state index in [1.54, 1.807) is 0 Å². The number of hydrogen-bond donors (Lipinski definition) is 1. The third-order valence-electron chi connectivity index (χ3n) is 1.03. The van der Waals surface area contributed by atoms with Gasteiger partial charge in [-0.25, -0.2) is 0 Å². The van der Waals surface area contributed by atoms with Crippen molar-refractivity contribution >= 4 is 5.97 Å². The van der Waals surface area contributed by atoms with E-state index in [2.05, 4.69) is 4.74 Å². The highest BCUT2D eigenvalue weighted by Gasteiger charge is 1.99. The van der Waals surface area contributed by atoms with Crippen LogP contribution in [-0.4, -0.2) is 18.6 Å². The maximum Gasteiger partial charge on any atom is 0.302 e. The zero-order chi connectivity index (χ0) is 7.28. The van der Waals surface area contributed by atoms with Crippen molar-refractivity contribution in [3.8, 4) is 0 Å². The van der Waals surface area contributed by atoms with Crippen LogP contribution in [0.5, 0.6) is 0 Å². The summed E-state index contributed by atoms with van der Waals surface area (Å²) in [4.78, 5) is 10.2. The first-order valence-electron chi connectivity index (χ1n) is 3.05. The first-order valence-corrected chi connectivity index (χ1v) is 3.05. The van der Waals surface area contributed by atoms with E-state index >= 15 is 0 Å². The molecule has 3 nitrogen and oxygen atoms in total. The highest BCUT2D eigenvalue weighted by Crippen LogP contribution is 1.86. The molecule has 3 heteroatoms. The van der Waals surface area contributed by atoms with Crippen LogP contribution in [0.4, 0.5) is 0 Å². The average molecular weight is 131 g/mol. The minimum Gasteiger partial charge on any atom is -0.464 e. The zero-order valence-electron chi connectivity index (χ0n) is 5.89. The Morgan fingerprint density at radius 2 is 2.33 bits per heavy atom. The second-order valence-corrected chi connectivity index (χ2v) is 1.97. The molecule has 1 atom stereocenters. The van der Waals surface area contributed by atoms with E-state index in [0.717, 1.165) is 6.42 Å². The third-order valence-corrected chi connectivity index (χ3v) is 1.03. The number of esters is 1. The lowest BCUT2D eigenvalue weighted by atomic mass is 10.3. The fraction of sp³-hybridized carbons (Fsp3) is 0.833. The molecule has 0 radical (unpaired) electrons. The van der Waals surface area contributed by atoms with Gasteiger partial charge in [0.25, 0.3) is 0 Å². The summed E-state index contributed by atoms with van der Waals surface area (Å²) in [5, 5.41) is 0. The van der Waals surface area contributed by atoms with Crippen molar-refractivity contribution < 1.29 is 9.53 Å². The van der Waals surface area contributed by atoms with E-state index in [9.17, 15) is 4.79 Å². The van der Waals surface area contributed by atoms with Gasteiger partial charge in [0.2, 0.25) is 0 Å². The molecule has 2 N–H and O–H groups in total. The van der Waals surface area contributed by atoms with Crippen LogP contribution in [0, 0.1) is 0 Å². The van der Waals surface area contributed by atoms with E-state index in [1.807, 2.05) is 6.92 Å². The molecule has 0 fully saturated rings. The van der Waals surface area contributed by atoms with Crippen molar-refractivity contribution in [2.45, 2.75) is 26.3 Å². The minimum absolute atomic E-state index is 0.00565. The molecule has 0 unspecified atom stereocenters. The normalized spacial score (nSPS) is 12.8. The maximum absolute atomic E-state index is 10.2.